The largest absolute Gasteiger partial charge is 0.467 e. The highest BCUT2D eigenvalue weighted by atomic mass is 35.5. The molecule has 8 nitrogen and oxygen atoms in total. The molecular formula is C15H12ClN5O3. The summed E-state index contributed by atoms with van der Waals surface area (Å²) >= 11 is 5.92. The molecule has 0 radical (unpaired) electrons. The third-order valence-electron chi connectivity index (χ3n) is 3.10. The fourth-order valence-electron chi connectivity index (χ4n) is 2.06. The van der Waals surface area contributed by atoms with Gasteiger partial charge in [-0.1, -0.05) is 17.7 Å². The molecule has 3 rings (SSSR count). The molecule has 2 aromatic heterocycles. The van der Waals surface area contributed by atoms with Crippen LogP contribution in [0.25, 0.3) is 0 Å². The van der Waals surface area contributed by atoms with E-state index in [1.807, 2.05) is 0 Å². The van der Waals surface area contributed by atoms with E-state index >= 15 is 0 Å². The maximum absolute atomic E-state index is 11.5. The number of hydrogen-bond donors (Lipinski definition) is 2. The molecule has 0 aliphatic heterocycles. The lowest BCUT2D eigenvalue weighted by atomic mass is 10.3. The van der Waals surface area contributed by atoms with Crippen LogP contribution >= 0.6 is 11.6 Å². The van der Waals surface area contributed by atoms with Gasteiger partial charge in [-0.05, 0) is 30.3 Å². The van der Waals surface area contributed by atoms with Crippen molar-refractivity contribution in [2.24, 2.45) is 0 Å². The molecule has 9 heteroatoms. The average molecular weight is 346 g/mol. The topological polar surface area (TPSA) is 106 Å². The minimum atomic E-state index is -0.544. The van der Waals surface area contributed by atoms with E-state index < -0.39 is 4.92 Å². The van der Waals surface area contributed by atoms with E-state index in [1.54, 1.807) is 36.4 Å². The van der Waals surface area contributed by atoms with E-state index in [0.29, 0.717) is 16.5 Å². The van der Waals surface area contributed by atoms with Crippen molar-refractivity contribution in [3.63, 3.8) is 0 Å². The van der Waals surface area contributed by atoms with Crippen molar-refractivity contribution in [1.82, 2.24) is 9.97 Å². The molecule has 24 heavy (non-hydrogen) atoms. The summed E-state index contributed by atoms with van der Waals surface area (Å²) < 4.78 is 5.19. The molecule has 0 amide bonds. The summed E-state index contributed by atoms with van der Waals surface area (Å²) in [6.07, 6.45) is 2.77. The summed E-state index contributed by atoms with van der Waals surface area (Å²) in [6.45, 7) is 0.265. The Hall–Kier alpha value is -3.13. The molecule has 0 unspecified atom stereocenters. The number of nitrogens with zero attached hydrogens (tertiary/aromatic N) is 3. The van der Waals surface area contributed by atoms with Gasteiger partial charge in [-0.3, -0.25) is 10.1 Å². The Morgan fingerprint density at radius 1 is 1.21 bits per heavy atom. The standard InChI is InChI=1S/C15H12ClN5O3/c16-10-3-1-4-11(7-10)20-15-13(21(22)23)14(18-9-19-15)17-8-12-5-2-6-24-12/h1-7,9H,8H2,(H2,17,18,19,20). The molecule has 3 aromatic rings. The zero-order valence-corrected chi connectivity index (χ0v) is 13.0. The first-order valence-electron chi connectivity index (χ1n) is 6.91. The zero-order chi connectivity index (χ0) is 16.9. The predicted molar refractivity (Wildman–Crippen MR) is 89.5 cm³/mol. The lowest BCUT2D eigenvalue weighted by molar-refractivity contribution is -0.383. The Bertz CT molecular complexity index is 854. The van der Waals surface area contributed by atoms with Crippen LogP contribution in [-0.2, 0) is 6.54 Å². The highest BCUT2D eigenvalue weighted by Crippen LogP contribution is 2.31. The summed E-state index contributed by atoms with van der Waals surface area (Å²) in [7, 11) is 0. The summed E-state index contributed by atoms with van der Waals surface area (Å²) in [5.41, 5.74) is 0.324. The van der Waals surface area contributed by atoms with Crippen molar-refractivity contribution < 1.29 is 9.34 Å². The van der Waals surface area contributed by atoms with Crippen molar-refractivity contribution in [3.8, 4) is 0 Å². The minimum absolute atomic E-state index is 0.0687. The summed E-state index contributed by atoms with van der Waals surface area (Å²) in [5, 5.41) is 17.7. The quantitative estimate of drug-likeness (QED) is 0.514. The Labute approximate surface area is 141 Å². The van der Waals surface area contributed by atoms with Crippen LogP contribution < -0.4 is 10.6 Å². The number of anilines is 3. The van der Waals surface area contributed by atoms with E-state index in [9.17, 15) is 10.1 Å². The molecule has 2 heterocycles. The van der Waals surface area contributed by atoms with Crippen LogP contribution in [0.1, 0.15) is 5.76 Å². The molecule has 2 N–H and O–H groups in total. The van der Waals surface area contributed by atoms with Gasteiger partial charge in [-0.2, -0.15) is 0 Å². The van der Waals surface area contributed by atoms with Crippen molar-refractivity contribution >= 4 is 34.6 Å². The molecule has 1 aromatic carbocycles. The fourth-order valence-corrected chi connectivity index (χ4v) is 2.25. The lowest BCUT2D eigenvalue weighted by Gasteiger charge is -2.09. The van der Waals surface area contributed by atoms with Crippen LogP contribution in [0.4, 0.5) is 23.0 Å². The molecule has 0 saturated carbocycles. The third kappa shape index (κ3) is 3.61. The lowest BCUT2D eigenvalue weighted by Crippen LogP contribution is -2.08. The highest BCUT2D eigenvalue weighted by molar-refractivity contribution is 6.30. The molecule has 0 atom stereocenters. The fraction of sp³-hybridized carbons (Fsp3) is 0.0667. The highest BCUT2D eigenvalue weighted by Gasteiger charge is 2.23. The molecule has 0 aliphatic rings. The van der Waals surface area contributed by atoms with Gasteiger partial charge in [0, 0.05) is 10.7 Å². The Balaban J connectivity index is 1.88. The van der Waals surface area contributed by atoms with Gasteiger partial charge in [0.15, 0.2) is 0 Å². The second-order valence-electron chi connectivity index (χ2n) is 4.74. The van der Waals surface area contributed by atoms with E-state index in [0.717, 1.165) is 0 Å². The number of hydrogen-bond acceptors (Lipinski definition) is 7. The van der Waals surface area contributed by atoms with Gasteiger partial charge in [0.1, 0.15) is 12.1 Å². The van der Waals surface area contributed by atoms with Crippen molar-refractivity contribution in [2.75, 3.05) is 10.6 Å². The average Bonchev–Trinajstić information content (AvgIpc) is 3.06. The van der Waals surface area contributed by atoms with Gasteiger partial charge in [0.2, 0.25) is 11.6 Å². The first-order valence-corrected chi connectivity index (χ1v) is 7.29. The second-order valence-corrected chi connectivity index (χ2v) is 5.18. The number of nitrogens with one attached hydrogen (secondary N) is 2. The SMILES string of the molecule is O=[N+]([O-])c1c(NCc2ccco2)ncnc1Nc1cccc(Cl)c1. The Kier molecular flexibility index (Phi) is 4.57. The summed E-state index contributed by atoms with van der Waals surface area (Å²) in [5.74, 6) is 0.794. The molecule has 0 bridgehead atoms. The number of aromatic nitrogens is 2. The van der Waals surface area contributed by atoms with Crippen LogP contribution in [-0.4, -0.2) is 14.9 Å². The molecular weight excluding hydrogens is 334 g/mol. The maximum Gasteiger partial charge on any atom is 0.353 e. The summed E-state index contributed by atoms with van der Waals surface area (Å²) in [6, 6.07) is 10.3. The Morgan fingerprint density at radius 2 is 2.04 bits per heavy atom. The van der Waals surface area contributed by atoms with E-state index in [4.69, 9.17) is 16.0 Å². The zero-order valence-electron chi connectivity index (χ0n) is 12.3. The van der Waals surface area contributed by atoms with Crippen LogP contribution in [0.5, 0.6) is 0 Å². The molecule has 122 valence electrons. The van der Waals surface area contributed by atoms with Gasteiger partial charge < -0.3 is 15.1 Å². The number of benzene rings is 1. The summed E-state index contributed by atoms with van der Waals surface area (Å²) in [4.78, 5) is 18.8. The normalized spacial score (nSPS) is 10.4. The van der Waals surface area contributed by atoms with E-state index in [1.165, 1.54) is 12.6 Å². The Morgan fingerprint density at radius 3 is 2.75 bits per heavy atom. The van der Waals surface area contributed by atoms with Crippen LogP contribution in [0.15, 0.2) is 53.4 Å². The van der Waals surface area contributed by atoms with Gasteiger partial charge >= 0.3 is 5.69 Å². The van der Waals surface area contributed by atoms with Gasteiger partial charge in [-0.15, -0.1) is 0 Å². The van der Waals surface area contributed by atoms with E-state index in [2.05, 4.69) is 20.6 Å². The third-order valence-corrected chi connectivity index (χ3v) is 3.34. The predicted octanol–water partition coefficient (Wildman–Crippen LogP) is 3.99. The maximum atomic E-state index is 11.5. The number of halogens is 1. The second kappa shape index (κ2) is 6.97. The first-order chi connectivity index (χ1) is 11.6. The van der Waals surface area contributed by atoms with E-state index in [-0.39, 0.29) is 23.9 Å². The van der Waals surface area contributed by atoms with Crippen LogP contribution in [0.2, 0.25) is 5.02 Å². The van der Waals surface area contributed by atoms with Gasteiger partial charge in [0.25, 0.3) is 0 Å². The van der Waals surface area contributed by atoms with Crippen molar-refractivity contribution in [2.45, 2.75) is 6.54 Å². The monoisotopic (exact) mass is 345 g/mol. The van der Waals surface area contributed by atoms with Crippen molar-refractivity contribution in [1.29, 1.82) is 0 Å². The number of furan rings is 1. The smallest absolute Gasteiger partial charge is 0.353 e. The van der Waals surface area contributed by atoms with Crippen LogP contribution in [0, 0.1) is 10.1 Å². The first kappa shape index (κ1) is 15.8. The molecule has 0 saturated heterocycles. The molecule has 0 aliphatic carbocycles. The minimum Gasteiger partial charge on any atom is -0.467 e. The van der Waals surface area contributed by atoms with Crippen molar-refractivity contribution in [3.05, 3.63) is 69.9 Å². The molecule has 0 fully saturated rings. The van der Waals surface area contributed by atoms with Gasteiger partial charge in [0.05, 0.1) is 17.7 Å². The number of nitro groups is 1. The number of rotatable bonds is 6. The van der Waals surface area contributed by atoms with Crippen LogP contribution in [0.3, 0.4) is 0 Å². The van der Waals surface area contributed by atoms with Gasteiger partial charge in [-0.25, -0.2) is 9.97 Å². The molecule has 0 spiro atoms.